The highest BCUT2D eigenvalue weighted by Crippen LogP contribution is 2.02. The van der Waals surface area contributed by atoms with Gasteiger partial charge in [0.2, 0.25) is 0 Å². The van der Waals surface area contributed by atoms with E-state index in [9.17, 15) is 9.59 Å². The number of rotatable bonds is 0. The zero-order valence-corrected chi connectivity index (χ0v) is 7.81. The van der Waals surface area contributed by atoms with E-state index in [1.165, 1.54) is 6.26 Å². The molecular formula is C8H10O6. The highest BCUT2D eigenvalue weighted by Gasteiger charge is 2.19. The highest BCUT2D eigenvalue weighted by molar-refractivity contribution is 5.61. The Balaban J connectivity index is 0.000000140. The number of ether oxygens (including phenoxy) is 2. The first kappa shape index (κ1) is 10.4. The molecule has 1 fully saturated rings. The average molecular weight is 202 g/mol. The molecule has 1 atom stereocenters. The molecule has 14 heavy (non-hydrogen) atoms. The molecule has 78 valence electrons. The number of cyclic esters (lactones) is 2. The van der Waals surface area contributed by atoms with Crippen LogP contribution in [0.1, 0.15) is 12.7 Å². The Hall–Kier alpha value is -1.72. The first-order valence-electron chi connectivity index (χ1n) is 3.96. The lowest BCUT2D eigenvalue weighted by molar-refractivity contribution is 0.121. The van der Waals surface area contributed by atoms with Crippen molar-refractivity contribution in [3.8, 4) is 0 Å². The molecule has 0 amide bonds. The standard InChI is InChI=1S/C4H6O3.C4H4O3/c2*1-3-2-6-4(5)7-3/h3H,2H2,1H3;2H,1H3. The molecule has 0 bridgehead atoms. The molecule has 0 saturated carbocycles. The van der Waals surface area contributed by atoms with Crippen LogP contribution in [0.15, 0.2) is 19.9 Å². The summed E-state index contributed by atoms with van der Waals surface area (Å²) in [6, 6.07) is 0. The van der Waals surface area contributed by atoms with E-state index in [4.69, 9.17) is 0 Å². The fraction of sp³-hybridized carbons (Fsp3) is 0.500. The number of aryl methyl sites for hydroxylation is 1. The van der Waals surface area contributed by atoms with Gasteiger partial charge in [0.15, 0.2) is 0 Å². The molecule has 2 heterocycles. The largest absolute Gasteiger partial charge is 0.518 e. The van der Waals surface area contributed by atoms with Crippen molar-refractivity contribution >= 4 is 6.16 Å². The van der Waals surface area contributed by atoms with Crippen molar-refractivity contribution in [1.29, 1.82) is 0 Å². The van der Waals surface area contributed by atoms with Crippen LogP contribution in [0.25, 0.3) is 0 Å². The second kappa shape index (κ2) is 4.50. The van der Waals surface area contributed by atoms with Gasteiger partial charge in [-0.3, -0.25) is 0 Å². The quantitative estimate of drug-likeness (QED) is 0.586. The normalized spacial score (nSPS) is 19.3. The Morgan fingerprint density at radius 2 is 2.14 bits per heavy atom. The van der Waals surface area contributed by atoms with Gasteiger partial charge in [-0.05, 0) is 13.8 Å². The van der Waals surface area contributed by atoms with Crippen molar-refractivity contribution in [2.45, 2.75) is 20.0 Å². The van der Waals surface area contributed by atoms with Crippen LogP contribution in [-0.2, 0) is 9.47 Å². The summed E-state index contributed by atoms with van der Waals surface area (Å²) in [4.78, 5) is 20.0. The van der Waals surface area contributed by atoms with Crippen LogP contribution >= 0.6 is 0 Å². The fourth-order valence-corrected chi connectivity index (χ4v) is 0.728. The van der Waals surface area contributed by atoms with Gasteiger partial charge in [-0.2, -0.15) is 0 Å². The highest BCUT2D eigenvalue weighted by atomic mass is 16.8. The summed E-state index contributed by atoms with van der Waals surface area (Å²) in [5.74, 6) is -0.137. The first-order valence-corrected chi connectivity index (χ1v) is 3.96. The zero-order valence-electron chi connectivity index (χ0n) is 7.81. The topological polar surface area (TPSA) is 78.9 Å². The van der Waals surface area contributed by atoms with Gasteiger partial charge in [-0.1, -0.05) is 0 Å². The van der Waals surface area contributed by atoms with Crippen LogP contribution in [-0.4, -0.2) is 18.9 Å². The number of hydrogen-bond acceptors (Lipinski definition) is 6. The van der Waals surface area contributed by atoms with Crippen molar-refractivity contribution in [3.63, 3.8) is 0 Å². The Morgan fingerprint density at radius 3 is 2.29 bits per heavy atom. The minimum atomic E-state index is -0.641. The molecule has 2 rings (SSSR count). The maximum absolute atomic E-state index is 10.0. The van der Waals surface area contributed by atoms with Crippen LogP contribution in [0.5, 0.6) is 0 Å². The summed E-state index contributed by atoms with van der Waals surface area (Å²) >= 11 is 0. The monoisotopic (exact) mass is 202 g/mol. The van der Waals surface area contributed by atoms with Gasteiger partial charge in [-0.25, -0.2) is 9.59 Å². The fourth-order valence-electron chi connectivity index (χ4n) is 0.728. The smallest absolute Gasteiger partial charge is 0.430 e. The molecule has 1 aliphatic heterocycles. The molecule has 1 aliphatic rings. The Labute approximate surface area is 79.4 Å². The number of hydrogen-bond donors (Lipinski definition) is 0. The second-order valence-electron chi connectivity index (χ2n) is 2.69. The van der Waals surface area contributed by atoms with Crippen molar-refractivity contribution in [2.75, 3.05) is 6.61 Å². The van der Waals surface area contributed by atoms with Gasteiger partial charge in [0.25, 0.3) is 0 Å². The van der Waals surface area contributed by atoms with E-state index in [0.29, 0.717) is 12.4 Å². The third-order valence-electron chi connectivity index (χ3n) is 1.30. The van der Waals surface area contributed by atoms with Gasteiger partial charge >= 0.3 is 12.0 Å². The summed E-state index contributed by atoms with van der Waals surface area (Å²) in [7, 11) is 0. The minimum absolute atomic E-state index is 0.0486. The maximum Gasteiger partial charge on any atom is 0.518 e. The summed E-state index contributed by atoms with van der Waals surface area (Å²) in [5.41, 5.74) is 0. The molecule has 0 radical (unpaired) electrons. The molecule has 0 aromatic carbocycles. The van der Waals surface area contributed by atoms with E-state index in [2.05, 4.69) is 18.3 Å². The second-order valence-corrected chi connectivity index (χ2v) is 2.69. The van der Waals surface area contributed by atoms with Crippen LogP contribution in [0.2, 0.25) is 0 Å². The maximum atomic E-state index is 10.0. The molecule has 1 aromatic rings. The third kappa shape index (κ3) is 3.34. The summed E-state index contributed by atoms with van der Waals surface area (Å²) < 4.78 is 17.5. The Morgan fingerprint density at radius 1 is 1.43 bits per heavy atom. The first-order chi connectivity index (χ1) is 6.58. The Bertz CT molecular complexity index is 349. The number of carbonyl (C=O) groups is 1. The van der Waals surface area contributed by atoms with Gasteiger partial charge < -0.3 is 18.3 Å². The van der Waals surface area contributed by atoms with Gasteiger partial charge in [0, 0.05) is 0 Å². The lowest BCUT2D eigenvalue weighted by Gasteiger charge is -1.90. The van der Waals surface area contributed by atoms with Crippen LogP contribution < -0.4 is 5.82 Å². The van der Waals surface area contributed by atoms with Gasteiger partial charge in [0.1, 0.15) is 24.7 Å². The van der Waals surface area contributed by atoms with E-state index in [1.54, 1.807) is 13.8 Å². The molecule has 1 unspecified atom stereocenters. The molecule has 1 saturated heterocycles. The lowest BCUT2D eigenvalue weighted by atomic mass is 10.5. The van der Waals surface area contributed by atoms with Crippen LogP contribution in [0.3, 0.4) is 0 Å². The predicted molar refractivity (Wildman–Crippen MR) is 43.9 cm³/mol. The summed E-state index contributed by atoms with van der Waals surface area (Å²) in [5, 5.41) is 0. The van der Waals surface area contributed by atoms with Crippen molar-refractivity contribution in [1.82, 2.24) is 0 Å². The van der Waals surface area contributed by atoms with Crippen LogP contribution in [0, 0.1) is 6.92 Å². The molecule has 6 heteroatoms. The lowest BCUT2D eigenvalue weighted by Crippen LogP contribution is -2.01. The van der Waals surface area contributed by atoms with E-state index >= 15 is 0 Å². The van der Waals surface area contributed by atoms with Gasteiger partial charge in [0.05, 0.1) is 0 Å². The van der Waals surface area contributed by atoms with E-state index in [0.717, 1.165) is 0 Å². The minimum Gasteiger partial charge on any atom is -0.430 e. The van der Waals surface area contributed by atoms with E-state index in [1.807, 2.05) is 0 Å². The van der Waals surface area contributed by atoms with Crippen molar-refractivity contribution in [3.05, 3.63) is 22.6 Å². The SMILES string of the molecule is CC1COC(=O)O1.Cc1coc(=O)o1. The molecule has 1 aromatic heterocycles. The molecular weight excluding hydrogens is 192 g/mol. The molecule has 0 aliphatic carbocycles. The van der Waals surface area contributed by atoms with E-state index < -0.39 is 12.0 Å². The molecule has 0 spiro atoms. The molecule has 6 nitrogen and oxygen atoms in total. The van der Waals surface area contributed by atoms with Crippen molar-refractivity contribution < 1.29 is 23.1 Å². The summed E-state index contributed by atoms with van der Waals surface area (Å²) in [6.07, 6.45) is 0.669. The van der Waals surface area contributed by atoms with Crippen molar-refractivity contribution in [2.24, 2.45) is 0 Å². The van der Waals surface area contributed by atoms with E-state index in [-0.39, 0.29) is 6.10 Å². The molecule has 0 N–H and O–H groups in total. The average Bonchev–Trinajstić information content (AvgIpc) is 2.63. The third-order valence-corrected chi connectivity index (χ3v) is 1.30. The number of carbonyl (C=O) groups excluding carboxylic acids is 1. The predicted octanol–water partition coefficient (Wildman–Crippen LogP) is 1.08. The van der Waals surface area contributed by atoms with Gasteiger partial charge in [-0.15, -0.1) is 0 Å². The summed E-state index contributed by atoms with van der Waals surface area (Å²) in [6.45, 7) is 3.83. The Kier molecular flexibility index (Phi) is 3.33. The zero-order chi connectivity index (χ0) is 10.6. The van der Waals surface area contributed by atoms with Crippen LogP contribution in [0.4, 0.5) is 4.79 Å².